The van der Waals surface area contributed by atoms with Crippen LogP contribution in [-0.4, -0.2) is 23.7 Å². The summed E-state index contributed by atoms with van der Waals surface area (Å²) in [5.41, 5.74) is 6.69. The second-order valence-corrected chi connectivity index (χ2v) is 6.67. The van der Waals surface area contributed by atoms with Crippen molar-refractivity contribution in [3.63, 3.8) is 0 Å². The Labute approximate surface area is 155 Å². The predicted octanol–water partition coefficient (Wildman–Crippen LogP) is 4.49. The Morgan fingerprint density at radius 1 is 1.23 bits per heavy atom. The van der Waals surface area contributed by atoms with Gasteiger partial charge in [0.25, 0.3) is 0 Å². The van der Waals surface area contributed by atoms with Crippen molar-refractivity contribution in [3.05, 3.63) is 47.3 Å². The molecule has 0 aliphatic carbocycles. The van der Waals surface area contributed by atoms with Gasteiger partial charge in [0.2, 0.25) is 0 Å². The Hall–Kier alpha value is -2.56. The van der Waals surface area contributed by atoms with E-state index in [2.05, 4.69) is 59.4 Å². The lowest BCUT2D eigenvalue weighted by Crippen LogP contribution is -2.31. The average Bonchev–Trinajstić information content (AvgIpc) is 3.00. The van der Waals surface area contributed by atoms with Crippen molar-refractivity contribution in [3.8, 4) is 0 Å². The molecule has 0 amide bonds. The Morgan fingerprint density at radius 3 is 2.62 bits per heavy atom. The molecule has 1 aromatic heterocycles. The number of benzene rings is 1. The molecule has 0 spiro atoms. The van der Waals surface area contributed by atoms with Crippen LogP contribution in [0.15, 0.2) is 30.3 Å². The van der Waals surface area contributed by atoms with Gasteiger partial charge in [0, 0.05) is 24.2 Å². The number of carbonyl (C=O) groups is 1. The molecule has 1 aliphatic rings. The van der Waals surface area contributed by atoms with Gasteiger partial charge < -0.3 is 15.0 Å². The number of esters is 1. The summed E-state index contributed by atoms with van der Waals surface area (Å²) in [4.78, 5) is 18.2. The first-order chi connectivity index (χ1) is 12.5. The SMILES string of the molecule is CCC(=O)OCCc1ccc(N2c3c(cc(C)nc3C)NC2CC)cc1. The van der Waals surface area contributed by atoms with Gasteiger partial charge in [0.05, 0.1) is 23.7 Å². The first kappa shape index (κ1) is 18.2. The molecule has 0 bridgehead atoms. The van der Waals surface area contributed by atoms with Gasteiger partial charge in [-0.2, -0.15) is 0 Å². The van der Waals surface area contributed by atoms with E-state index in [9.17, 15) is 4.79 Å². The summed E-state index contributed by atoms with van der Waals surface area (Å²) in [6.45, 7) is 8.51. The van der Waals surface area contributed by atoms with E-state index < -0.39 is 0 Å². The van der Waals surface area contributed by atoms with Crippen molar-refractivity contribution < 1.29 is 9.53 Å². The second-order valence-electron chi connectivity index (χ2n) is 6.67. The normalized spacial score (nSPS) is 15.5. The number of fused-ring (bicyclic) bond motifs is 1. The van der Waals surface area contributed by atoms with Crippen LogP contribution in [0.5, 0.6) is 0 Å². The number of anilines is 3. The zero-order valence-corrected chi connectivity index (χ0v) is 16.0. The molecule has 0 saturated carbocycles. The largest absolute Gasteiger partial charge is 0.465 e. The molecule has 0 fully saturated rings. The first-order valence-electron chi connectivity index (χ1n) is 9.32. The van der Waals surface area contributed by atoms with Crippen molar-refractivity contribution in [2.45, 2.75) is 53.1 Å². The topological polar surface area (TPSA) is 54.5 Å². The molecule has 2 heterocycles. The lowest BCUT2D eigenvalue weighted by molar-refractivity contribution is -0.143. The van der Waals surface area contributed by atoms with Crippen molar-refractivity contribution in [2.24, 2.45) is 0 Å². The standard InChI is InChI=1S/C21H27N3O2/c1-5-19-23-18-13-14(3)22-15(4)21(18)24(19)17-9-7-16(8-10-17)11-12-26-20(25)6-2/h7-10,13,19,23H,5-6,11-12H2,1-4H3. The summed E-state index contributed by atoms with van der Waals surface area (Å²) in [5, 5.41) is 3.61. The van der Waals surface area contributed by atoms with Crippen LogP contribution >= 0.6 is 0 Å². The van der Waals surface area contributed by atoms with E-state index in [1.807, 2.05) is 13.8 Å². The molecule has 5 nitrogen and oxygen atoms in total. The Balaban J connectivity index is 1.79. The molecule has 1 N–H and O–H groups in total. The predicted molar refractivity (Wildman–Crippen MR) is 105 cm³/mol. The minimum absolute atomic E-state index is 0.148. The second kappa shape index (κ2) is 7.77. The molecule has 26 heavy (non-hydrogen) atoms. The number of ether oxygens (including phenoxy) is 1. The van der Waals surface area contributed by atoms with E-state index in [0.29, 0.717) is 13.0 Å². The molecule has 1 unspecified atom stereocenters. The fourth-order valence-electron chi connectivity index (χ4n) is 3.44. The lowest BCUT2D eigenvalue weighted by Gasteiger charge is -2.27. The fourth-order valence-corrected chi connectivity index (χ4v) is 3.44. The van der Waals surface area contributed by atoms with E-state index in [1.165, 1.54) is 0 Å². The van der Waals surface area contributed by atoms with E-state index in [4.69, 9.17) is 4.74 Å². The van der Waals surface area contributed by atoms with Crippen molar-refractivity contribution in [2.75, 3.05) is 16.8 Å². The number of carbonyl (C=O) groups excluding carboxylic acids is 1. The van der Waals surface area contributed by atoms with Crippen LogP contribution in [-0.2, 0) is 16.0 Å². The minimum Gasteiger partial charge on any atom is -0.465 e. The summed E-state index contributed by atoms with van der Waals surface area (Å²) in [5.74, 6) is -0.148. The van der Waals surface area contributed by atoms with Crippen LogP contribution in [0.2, 0.25) is 0 Å². The maximum Gasteiger partial charge on any atom is 0.305 e. The zero-order chi connectivity index (χ0) is 18.7. The molecular weight excluding hydrogens is 326 g/mol. The molecule has 0 radical (unpaired) electrons. The summed E-state index contributed by atoms with van der Waals surface area (Å²) in [6, 6.07) is 10.6. The number of pyridine rings is 1. The summed E-state index contributed by atoms with van der Waals surface area (Å²) < 4.78 is 5.17. The fraction of sp³-hybridized carbons (Fsp3) is 0.429. The van der Waals surface area contributed by atoms with E-state index in [0.717, 1.165) is 46.9 Å². The van der Waals surface area contributed by atoms with Crippen LogP contribution in [0.3, 0.4) is 0 Å². The monoisotopic (exact) mass is 353 g/mol. The number of nitrogens with zero attached hydrogens (tertiary/aromatic N) is 2. The number of hydrogen-bond acceptors (Lipinski definition) is 5. The third kappa shape index (κ3) is 3.66. The van der Waals surface area contributed by atoms with Crippen LogP contribution in [0.1, 0.15) is 43.6 Å². The minimum atomic E-state index is -0.148. The summed E-state index contributed by atoms with van der Waals surface area (Å²) >= 11 is 0. The molecular formula is C21H27N3O2. The van der Waals surface area contributed by atoms with Gasteiger partial charge in [-0.05, 0) is 44.0 Å². The van der Waals surface area contributed by atoms with Crippen LogP contribution < -0.4 is 10.2 Å². The number of nitrogens with one attached hydrogen (secondary N) is 1. The van der Waals surface area contributed by atoms with Crippen LogP contribution in [0.4, 0.5) is 17.1 Å². The van der Waals surface area contributed by atoms with Gasteiger partial charge in [-0.3, -0.25) is 9.78 Å². The number of aromatic nitrogens is 1. The third-order valence-electron chi connectivity index (χ3n) is 4.71. The zero-order valence-electron chi connectivity index (χ0n) is 16.0. The van der Waals surface area contributed by atoms with Crippen molar-refractivity contribution >= 4 is 23.0 Å². The molecule has 1 aromatic carbocycles. The Kier molecular flexibility index (Phi) is 5.45. The number of aryl methyl sites for hydroxylation is 2. The summed E-state index contributed by atoms with van der Waals surface area (Å²) in [7, 11) is 0. The third-order valence-corrected chi connectivity index (χ3v) is 4.71. The molecule has 1 aliphatic heterocycles. The van der Waals surface area contributed by atoms with Crippen molar-refractivity contribution in [1.29, 1.82) is 0 Å². The van der Waals surface area contributed by atoms with Gasteiger partial charge in [0.1, 0.15) is 6.17 Å². The van der Waals surface area contributed by atoms with Crippen LogP contribution in [0, 0.1) is 13.8 Å². The molecule has 2 aromatic rings. The highest BCUT2D eigenvalue weighted by molar-refractivity contribution is 5.84. The molecule has 5 heteroatoms. The van der Waals surface area contributed by atoms with Gasteiger partial charge in [-0.25, -0.2) is 0 Å². The van der Waals surface area contributed by atoms with Gasteiger partial charge in [-0.15, -0.1) is 0 Å². The highest BCUT2D eigenvalue weighted by Gasteiger charge is 2.30. The maximum atomic E-state index is 11.2. The Bertz CT molecular complexity index is 787. The number of hydrogen-bond donors (Lipinski definition) is 1. The average molecular weight is 353 g/mol. The Morgan fingerprint density at radius 2 is 1.96 bits per heavy atom. The quantitative estimate of drug-likeness (QED) is 0.775. The summed E-state index contributed by atoms with van der Waals surface area (Å²) in [6.07, 6.45) is 2.37. The van der Waals surface area contributed by atoms with Gasteiger partial charge >= 0.3 is 5.97 Å². The van der Waals surface area contributed by atoms with Crippen molar-refractivity contribution in [1.82, 2.24) is 4.98 Å². The van der Waals surface area contributed by atoms with Gasteiger partial charge in [0.15, 0.2) is 0 Å². The first-order valence-corrected chi connectivity index (χ1v) is 9.32. The molecule has 1 atom stereocenters. The molecule has 3 rings (SSSR count). The van der Waals surface area contributed by atoms with E-state index in [1.54, 1.807) is 0 Å². The number of rotatable bonds is 6. The molecule has 138 valence electrons. The highest BCUT2D eigenvalue weighted by atomic mass is 16.5. The highest BCUT2D eigenvalue weighted by Crippen LogP contribution is 2.42. The smallest absolute Gasteiger partial charge is 0.305 e. The molecule has 0 saturated heterocycles. The van der Waals surface area contributed by atoms with E-state index in [-0.39, 0.29) is 12.1 Å². The van der Waals surface area contributed by atoms with Gasteiger partial charge in [-0.1, -0.05) is 26.0 Å². The lowest BCUT2D eigenvalue weighted by atomic mass is 10.1. The maximum absolute atomic E-state index is 11.2. The van der Waals surface area contributed by atoms with E-state index >= 15 is 0 Å². The van der Waals surface area contributed by atoms with Crippen LogP contribution in [0.25, 0.3) is 0 Å².